The first kappa shape index (κ1) is 9.77. The Morgan fingerprint density at radius 1 is 1.53 bits per heavy atom. The van der Waals surface area contributed by atoms with Crippen LogP contribution in [0.15, 0.2) is 36.9 Å². The third-order valence-electron chi connectivity index (χ3n) is 2.53. The smallest absolute Gasteiger partial charge is 0.322 e. The molecule has 0 atom stereocenters. The summed E-state index contributed by atoms with van der Waals surface area (Å²) in [6, 6.07) is 7.97. The molecule has 0 aliphatic carbocycles. The van der Waals surface area contributed by atoms with Gasteiger partial charge in [0.05, 0.1) is 0 Å². The Morgan fingerprint density at radius 3 is 3.13 bits per heavy atom. The highest BCUT2D eigenvalue weighted by molar-refractivity contribution is 5.94. The number of rotatable bonds is 2. The van der Waals surface area contributed by atoms with Crippen LogP contribution in [0.2, 0.25) is 0 Å². The van der Waals surface area contributed by atoms with Crippen molar-refractivity contribution in [2.45, 2.75) is 6.42 Å². The number of para-hydroxylation sites is 1. The van der Waals surface area contributed by atoms with Crippen molar-refractivity contribution in [1.82, 2.24) is 5.32 Å². The first-order chi connectivity index (χ1) is 7.33. The zero-order valence-electron chi connectivity index (χ0n) is 8.57. The van der Waals surface area contributed by atoms with E-state index < -0.39 is 0 Å². The van der Waals surface area contributed by atoms with Crippen molar-refractivity contribution in [1.29, 1.82) is 0 Å². The van der Waals surface area contributed by atoms with Crippen LogP contribution in [0.4, 0.5) is 10.5 Å². The van der Waals surface area contributed by atoms with Crippen LogP contribution in [0.25, 0.3) is 0 Å². The molecule has 78 valence electrons. The van der Waals surface area contributed by atoms with E-state index in [0.717, 1.165) is 18.7 Å². The monoisotopic (exact) mass is 202 g/mol. The Balaban J connectivity index is 2.13. The fraction of sp³-hybridized carbons (Fsp3) is 0.250. The largest absolute Gasteiger partial charge is 0.334 e. The lowest BCUT2D eigenvalue weighted by Crippen LogP contribution is -2.38. The molecule has 0 unspecified atom stereocenters. The topological polar surface area (TPSA) is 32.3 Å². The molecule has 2 rings (SSSR count). The number of carbonyl (C=O) groups excluding carboxylic acids is 1. The first-order valence-electron chi connectivity index (χ1n) is 5.07. The Morgan fingerprint density at radius 2 is 2.33 bits per heavy atom. The predicted molar refractivity (Wildman–Crippen MR) is 61.1 cm³/mol. The molecule has 0 fully saturated rings. The van der Waals surface area contributed by atoms with E-state index in [1.807, 2.05) is 18.2 Å². The maximum Gasteiger partial charge on any atom is 0.322 e. The van der Waals surface area contributed by atoms with Crippen LogP contribution in [0.3, 0.4) is 0 Å². The van der Waals surface area contributed by atoms with Gasteiger partial charge in [-0.05, 0) is 18.1 Å². The molecule has 1 heterocycles. The maximum absolute atomic E-state index is 11.7. The number of benzene rings is 1. The van der Waals surface area contributed by atoms with Gasteiger partial charge in [0.15, 0.2) is 0 Å². The fourth-order valence-corrected chi connectivity index (χ4v) is 1.80. The number of amides is 2. The van der Waals surface area contributed by atoms with Crippen LogP contribution >= 0.6 is 0 Å². The van der Waals surface area contributed by atoms with Gasteiger partial charge in [0, 0.05) is 18.8 Å². The van der Waals surface area contributed by atoms with Gasteiger partial charge < -0.3 is 5.32 Å². The van der Waals surface area contributed by atoms with Gasteiger partial charge in [-0.1, -0.05) is 24.3 Å². The van der Waals surface area contributed by atoms with Crippen LogP contribution < -0.4 is 10.2 Å². The van der Waals surface area contributed by atoms with Gasteiger partial charge in [-0.3, -0.25) is 4.90 Å². The lowest BCUT2D eigenvalue weighted by Gasteiger charge is -2.17. The lowest BCUT2D eigenvalue weighted by molar-refractivity contribution is 0.248. The third kappa shape index (κ3) is 1.86. The molecule has 0 bridgehead atoms. The number of carbonyl (C=O) groups is 1. The quantitative estimate of drug-likeness (QED) is 0.730. The van der Waals surface area contributed by atoms with Crippen molar-refractivity contribution in [2.24, 2.45) is 0 Å². The second kappa shape index (κ2) is 4.17. The number of nitrogens with zero attached hydrogens (tertiary/aromatic N) is 1. The van der Waals surface area contributed by atoms with Crippen LogP contribution in [0.1, 0.15) is 5.56 Å². The average Bonchev–Trinajstić information content (AvgIpc) is 2.69. The molecule has 0 spiro atoms. The number of fused-ring (bicyclic) bond motifs is 1. The van der Waals surface area contributed by atoms with E-state index in [1.165, 1.54) is 5.56 Å². The Kier molecular flexibility index (Phi) is 2.72. The molecular weight excluding hydrogens is 188 g/mol. The summed E-state index contributed by atoms with van der Waals surface area (Å²) in [5.41, 5.74) is 2.27. The number of anilines is 1. The zero-order chi connectivity index (χ0) is 10.7. The van der Waals surface area contributed by atoms with Crippen molar-refractivity contribution in [3.05, 3.63) is 42.5 Å². The van der Waals surface area contributed by atoms with Gasteiger partial charge in [-0.2, -0.15) is 0 Å². The van der Waals surface area contributed by atoms with Crippen molar-refractivity contribution in [3.63, 3.8) is 0 Å². The maximum atomic E-state index is 11.7. The normalized spacial score (nSPS) is 13.5. The highest BCUT2D eigenvalue weighted by Gasteiger charge is 2.23. The number of nitrogens with one attached hydrogen (secondary N) is 1. The van der Waals surface area contributed by atoms with Crippen molar-refractivity contribution in [2.75, 3.05) is 18.0 Å². The Labute approximate surface area is 89.4 Å². The molecule has 0 radical (unpaired) electrons. The van der Waals surface area contributed by atoms with E-state index in [-0.39, 0.29) is 6.03 Å². The Bertz CT molecular complexity index is 387. The molecule has 0 saturated heterocycles. The SMILES string of the molecule is C=CCNC(=O)N1CCc2ccccc21. The number of hydrogen-bond donors (Lipinski definition) is 1. The molecule has 1 aromatic carbocycles. The molecule has 1 N–H and O–H groups in total. The summed E-state index contributed by atoms with van der Waals surface area (Å²) in [5, 5.41) is 2.78. The van der Waals surface area contributed by atoms with Crippen molar-refractivity contribution >= 4 is 11.7 Å². The van der Waals surface area contributed by atoms with Crippen LogP contribution in [-0.2, 0) is 6.42 Å². The van der Waals surface area contributed by atoms with E-state index in [2.05, 4.69) is 18.0 Å². The van der Waals surface area contributed by atoms with Gasteiger partial charge in [0.2, 0.25) is 0 Å². The van der Waals surface area contributed by atoms with Gasteiger partial charge in [0.25, 0.3) is 0 Å². The summed E-state index contributed by atoms with van der Waals surface area (Å²) in [6.45, 7) is 4.85. The van der Waals surface area contributed by atoms with E-state index in [1.54, 1.807) is 11.0 Å². The molecule has 15 heavy (non-hydrogen) atoms. The minimum Gasteiger partial charge on any atom is -0.334 e. The van der Waals surface area contributed by atoms with Gasteiger partial charge in [-0.15, -0.1) is 6.58 Å². The van der Waals surface area contributed by atoms with Crippen molar-refractivity contribution in [3.8, 4) is 0 Å². The summed E-state index contributed by atoms with van der Waals surface area (Å²) in [7, 11) is 0. The second-order valence-corrected chi connectivity index (χ2v) is 3.51. The summed E-state index contributed by atoms with van der Waals surface area (Å²) >= 11 is 0. The summed E-state index contributed by atoms with van der Waals surface area (Å²) in [4.78, 5) is 13.5. The average molecular weight is 202 g/mol. The van der Waals surface area contributed by atoms with Gasteiger partial charge >= 0.3 is 6.03 Å². The standard InChI is InChI=1S/C12H14N2O/c1-2-8-13-12(15)14-9-7-10-5-3-4-6-11(10)14/h2-6H,1,7-9H2,(H,13,15). The van der Waals surface area contributed by atoms with E-state index in [9.17, 15) is 4.79 Å². The predicted octanol–water partition coefficient (Wildman–Crippen LogP) is 1.94. The van der Waals surface area contributed by atoms with Gasteiger partial charge in [-0.25, -0.2) is 4.79 Å². The van der Waals surface area contributed by atoms with E-state index in [4.69, 9.17) is 0 Å². The van der Waals surface area contributed by atoms with E-state index >= 15 is 0 Å². The summed E-state index contributed by atoms with van der Waals surface area (Å²) < 4.78 is 0. The molecule has 1 aliphatic heterocycles. The molecule has 0 saturated carbocycles. The molecule has 3 nitrogen and oxygen atoms in total. The molecule has 3 heteroatoms. The molecule has 2 amide bonds. The van der Waals surface area contributed by atoms with Crippen molar-refractivity contribution < 1.29 is 4.79 Å². The highest BCUT2D eigenvalue weighted by Crippen LogP contribution is 2.26. The Hall–Kier alpha value is -1.77. The molecule has 1 aliphatic rings. The second-order valence-electron chi connectivity index (χ2n) is 3.51. The zero-order valence-corrected chi connectivity index (χ0v) is 8.57. The van der Waals surface area contributed by atoms with Crippen LogP contribution in [0.5, 0.6) is 0 Å². The summed E-state index contributed by atoms with van der Waals surface area (Å²) in [5.74, 6) is 0. The highest BCUT2D eigenvalue weighted by atomic mass is 16.2. The van der Waals surface area contributed by atoms with Crippen LogP contribution in [-0.4, -0.2) is 19.1 Å². The lowest BCUT2D eigenvalue weighted by atomic mass is 10.2. The molecule has 0 aromatic heterocycles. The first-order valence-corrected chi connectivity index (χ1v) is 5.07. The third-order valence-corrected chi connectivity index (χ3v) is 2.53. The van der Waals surface area contributed by atoms with E-state index in [0.29, 0.717) is 6.54 Å². The fourth-order valence-electron chi connectivity index (χ4n) is 1.80. The minimum atomic E-state index is -0.0418. The molecule has 1 aromatic rings. The van der Waals surface area contributed by atoms with Crippen LogP contribution in [0, 0.1) is 0 Å². The minimum absolute atomic E-state index is 0.0418. The summed E-state index contributed by atoms with van der Waals surface area (Å²) in [6.07, 6.45) is 2.62. The number of hydrogen-bond acceptors (Lipinski definition) is 1. The van der Waals surface area contributed by atoms with Gasteiger partial charge in [0.1, 0.15) is 0 Å². The number of urea groups is 1. The molecular formula is C12H14N2O.